The fourth-order valence-corrected chi connectivity index (χ4v) is 4.33. The number of amides is 2. The molecule has 0 aliphatic carbocycles. The molecule has 0 spiro atoms. The first-order chi connectivity index (χ1) is 13.2. The largest absolute Gasteiger partial charge is 0.316 e. The maximum Gasteiger partial charge on any atom is 0.246 e. The molecule has 7 nitrogen and oxygen atoms in total. The number of carbonyl (C=O) groups is 4. The Bertz CT molecular complexity index is 727. The lowest BCUT2D eigenvalue weighted by atomic mass is 9.82. The number of hydrogen-bond acceptors (Lipinski definition) is 5. The van der Waals surface area contributed by atoms with E-state index in [1.807, 2.05) is 18.7 Å². The SMILES string of the molecule is CCCN1C=C2C3CCCC(C(=O)N2CC1=O)N3CC(=O)C(=O)C(C)(C)CC. The van der Waals surface area contributed by atoms with Gasteiger partial charge in [-0.2, -0.15) is 0 Å². The van der Waals surface area contributed by atoms with Gasteiger partial charge in [-0.3, -0.25) is 24.1 Å². The molecule has 0 aromatic heterocycles. The normalized spacial score (nSPS) is 25.5. The highest BCUT2D eigenvalue weighted by Gasteiger charge is 2.49. The van der Waals surface area contributed by atoms with E-state index in [1.54, 1.807) is 29.8 Å². The molecule has 7 heteroatoms. The van der Waals surface area contributed by atoms with Crippen molar-refractivity contribution < 1.29 is 19.2 Å². The molecule has 0 aromatic carbocycles. The van der Waals surface area contributed by atoms with Crippen LogP contribution in [0.2, 0.25) is 0 Å². The minimum absolute atomic E-state index is 0.0315. The van der Waals surface area contributed by atoms with Gasteiger partial charge in [-0.05, 0) is 32.1 Å². The molecule has 0 N–H and O–H groups in total. The van der Waals surface area contributed by atoms with Crippen LogP contribution in [0, 0.1) is 5.41 Å². The number of carbonyl (C=O) groups excluding carboxylic acids is 4. The molecule has 0 aromatic rings. The Labute approximate surface area is 166 Å². The van der Waals surface area contributed by atoms with Crippen LogP contribution < -0.4 is 0 Å². The van der Waals surface area contributed by atoms with E-state index in [2.05, 4.69) is 0 Å². The number of hydrogen-bond donors (Lipinski definition) is 0. The molecule has 2 fully saturated rings. The third kappa shape index (κ3) is 3.52. The van der Waals surface area contributed by atoms with Gasteiger partial charge in [0.05, 0.1) is 24.3 Å². The second kappa shape index (κ2) is 7.78. The fourth-order valence-electron chi connectivity index (χ4n) is 4.33. The van der Waals surface area contributed by atoms with Gasteiger partial charge in [0.25, 0.3) is 0 Å². The van der Waals surface area contributed by atoms with Crippen LogP contribution in [-0.4, -0.2) is 69.8 Å². The summed E-state index contributed by atoms with van der Waals surface area (Å²) in [7, 11) is 0. The van der Waals surface area contributed by atoms with Gasteiger partial charge in [0.1, 0.15) is 6.54 Å². The maximum atomic E-state index is 13.1. The summed E-state index contributed by atoms with van der Waals surface area (Å²) < 4.78 is 0. The third-order valence-electron chi connectivity index (χ3n) is 6.40. The Balaban J connectivity index is 1.88. The molecular weight excluding hydrogens is 358 g/mol. The smallest absolute Gasteiger partial charge is 0.246 e. The van der Waals surface area contributed by atoms with E-state index >= 15 is 0 Å². The van der Waals surface area contributed by atoms with Crippen LogP contribution in [0.4, 0.5) is 0 Å². The molecule has 2 bridgehead atoms. The number of fused-ring (bicyclic) bond motifs is 4. The Morgan fingerprint density at radius 3 is 2.46 bits per heavy atom. The zero-order valence-corrected chi connectivity index (χ0v) is 17.4. The Morgan fingerprint density at radius 2 is 1.82 bits per heavy atom. The average Bonchev–Trinajstić information content (AvgIpc) is 2.67. The summed E-state index contributed by atoms with van der Waals surface area (Å²) in [5.41, 5.74) is 0.107. The molecule has 2 saturated heterocycles. The number of Topliss-reactive ketones (excluding diaryl/α,β-unsaturated/α-hetero) is 2. The molecule has 3 heterocycles. The molecule has 3 rings (SSSR count). The molecule has 2 amide bonds. The van der Waals surface area contributed by atoms with Gasteiger partial charge in [-0.25, -0.2) is 0 Å². The highest BCUT2D eigenvalue weighted by atomic mass is 16.2. The van der Waals surface area contributed by atoms with Crippen molar-refractivity contribution in [1.82, 2.24) is 14.7 Å². The predicted molar refractivity (Wildman–Crippen MR) is 104 cm³/mol. The lowest BCUT2D eigenvalue weighted by Crippen LogP contribution is -2.66. The predicted octanol–water partition coefficient (Wildman–Crippen LogP) is 1.72. The lowest BCUT2D eigenvalue weighted by Gasteiger charge is -2.52. The highest BCUT2D eigenvalue weighted by molar-refractivity contribution is 6.39. The minimum atomic E-state index is -0.688. The van der Waals surface area contributed by atoms with Gasteiger partial charge < -0.3 is 9.80 Å². The zero-order chi connectivity index (χ0) is 20.6. The Morgan fingerprint density at radius 1 is 1.14 bits per heavy atom. The van der Waals surface area contributed by atoms with Crippen LogP contribution in [0.3, 0.4) is 0 Å². The monoisotopic (exact) mass is 389 g/mol. The molecule has 0 saturated carbocycles. The van der Waals surface area contributed by atoms with E-state index in [1.165, 1.54) is 0 Å². The molecule has 28 heavy (non-hydrogen) atoms. The summed E-state index contributed by atoms with van der Waals surface area (Å²) in [6.07, 6.45) is 5.58. The maximum absolute atomic E-state index is 13.1. The van der Waals surface area contributed by atoms with E-state index < -0.39 is 17.2 Å². The summed E-state index contributed by atoms with van der Waals surface area (Å²) in [5.74, 6) is -0.991. The average molecular weight is 389 g/mol. The van der Waals surface area contributed by atoms with Crippen molar-refractivity contribution in [2.45, 2.75) is 71.9 Å². The van der Waals surface area contributed by atoms with Crippen LogP contribution in [0.5, 0.6) is 0 Å². The number of piperidine rings is 1. The quantitative estimate of drug-likeness (QED) is 0.620. The van der Waals surface area contributed by atoms with E-state index in [9.17, 15) is 19.2 Å². The van der Waals surface area contributed by atoms with Gasteiger partial charge in [-0.1, -0.05) is 27.7 Å². The standard InChI is InChI=1S/C21H31N3O4/c1-5-10-22-11-16-14-8-7-9-15(20(28)24(16)13-18(22)26)23(14)12-17(25)19(27)21(3,4)6-2/h11,14-15H,5-10,12-13H2,1-4H3. The molecule has 154 valence electrons. The second-order valence-corrected chi connectivity index (χ2v) is 8.69. The van der Waals surface area contributed by atoms with Gasteiger partial charge in [0.2, 0.25) is 23.4 Å². The van der Waals surface area contributed by atoms with E-state index in [-0.39, 0.29) is 36.7 Å². The van der Waals surface area contributed by atoms with Crippen molar-refractivity contribution in [3.63, 3.8) is 0 Å². The first-order valence-electron chi connectivity index (χ1n) is 10.4. The van der Waals surface area contributed by atoms with Crippen LogP contribution in [0.15, 0.2) is 11.9 Å². The highest BCUT2D eigenvalue weighted by Crippen LogP contribution is 2.37. The molecule has 2 atom stereocenters. The number of ketones is 2. The zero-order valence-electron chi connectivity index (χ0n) is 17.4. The summed E-state index contributed by atoms with van der Waals surface area (Å²) >= 11 is 0. The van der Waals surface area contributed by atoms with Crippen molar-refractivity contribution in [1.29, 1.82) is 0 Å². The van der Waals surface area contributed by atoms with Crippen molar-refractivity contribution in [2.75, 3.05) is 19.6 Å². The van der Waals surface area contributed by atoms with E-state index in [4.69, 9.17) is 0 Å². The first-order valence-corrected chi connectivity index (χ1v) is 10.4. The minimum Gasteiger partial charge on any atom is -0.316 e. The van der Waals surface area contributed by atoms with Crippen molar-refractivity contribution in [3.8, 4) is 0 Å². The van der Waals surface area contributed by atoms with E-state index in [0.29, 0.717) is 19.4 Å². The molecule has 0 radical (unpaired) electrons. The third-order valence-corrected chi connectivity index (χ3v) is 6.40. The molecule has 3 aliphatic rings. The van der Waals surface area contributed by atoms with Crippen LogP contribution in [0.25, 0.3) is 0 Å². The number of rotatable bonds is 7. The van der Waals surface area contributed by atoms with Crippen LogP contribution in [0.1, 0.15) is 59.8 Å². The van der Waals surface area contributed by atoms with Gasteiger partial charge in [0, 0.05) is 18.2 Å². The second-order valence-electron chi connectivity index (χ2n) is 8.69. The summed E-state index contributed by atoms with van der Waals surface area (Å²) in [4.78, 5) is 56.0. The number of nitrogens with zero attached hydrogens (tertiary/aromatic N) is 3. The molecule has 3 aliphatic heterocycles. The van der Waals surface area contributed by atoms with Gasteiger partial charge in [0.15, 0.2) is 0 Å². The van der Waals surface area contributed by atoms with Crippen molar-refractivity contribution in [2.24, 2.45) is 5.41 Å². The fraction of sp³-hybridized carbons (Fsp3) is 0.714. The van der Waals surface area contributed by atoms with Crippen molar-refractivity contribution >= 4 is 23.4 Å². The van der Waals surface area contributed by atoms with Crippen molar-refractivity contribution in [3.05, 3.63) is 11.9 Å². The number of piperazine rings is 1. The Kier molecular flexibility index (Phi) is 5.75. The summed E-state index contributed by atoms with van der Waals surface area (Å²) in [6, 6.07) is -0.534. The van der Waals surface area contributed by atoms with Gasteiger partial charge >= 0.3 is 0 Å². The van der Waals surface area contributed by atoms with E-state index in [0.717, 1.165) is 25.0 Å². The molecule has 2 unspecified atom stereocenters. The summed E-state index contributed by atoms with van der Waals surface area (Å²) in [5, 5.41) is 0. The molecular formula is C21H31N3O4. The Hall–Kier alpha value is -2.02. The van der Waals surface area contributed by atoms with Crippen LogP contribution >= 0.6 is 0 Å². The lowest BCUT2D eigenvalue weighted by molar-refractivity contribution is -0.153. The van der Waals surface area contributed by atoms with Gasteiger partial charge in [-0.15, -0.1) is 0 Å². The van der Waals surface area contributed by atoms with Crippen LogP contribution in [-0.2, 0) is 19.2 Å². The summed E-state index contributed by atoms with van der Waals surface area (Å²) in [6.45, 7) is 8.13. The topological polar surface area (TPSA) is 78.0 Å². The first kappa shape index (κ1) is 20.7.